The van der Waals surface area contributed by atoms with Gasteiger partial charge in [0.25, 0.3) is 5.91 Å². The Morgan fingerprint density at radius 2 is 1.80 bits per heavy atom. The van der Waals surface area contributed by atoms with Gasteiger partial charge in [-0.05, 0) is 76.1 Å². The number of carbonyl (C=O) groups excluding carboxylic acids is 3. The molecule has 0 bridgehead atoms. The van der Waals surface area contributed by atoms with Crippen LogP contribution in [0.5, 0.6) is 5.75 Å². The average molecular weight is 482 g/mol. The molecule has 1 aromatic heterocycles. The molecular weight excluding hydrogens is 450 g/mol. The van der Waals surface area contributed by atoms with Crippen molar-refractivity contribution >= 4 is 23.9 Å². The zero-order valence-corrected chi connectivity index (χ0v) is 20.6. The Morgan fingerprint density at radius 3 is 2.43 bits per heavy atom. The van der Waals surface area contributed by atoms with Gasteiger partial charge in [-0.25, -0.2) is 4.79 Å². The molecule has 0 saturated carbocycles. The fraction of sp³-hybridized carbons (Fsp3) is 0.385. The summed E-state index contributed by atoms with van der Waals surface area (Å²) in [5.74, 6) is -0.969. The zero-order chi connectivity index (χ0) is 25.8. The van der Waals surface area contributed by atoms with E-state index in [2.05, 4.69) is 5.32 Å². The first kappa shape index (κ1) is 27.2. The molecule has 0 unspecified atom stereocenters. The molecule has 2 rings (SSSR count). The minimum absolute atomic E-state index is 0.185. The zero-order valence-electron chi connectivity index (χ0n) is 20.6. The molecule has 2 aromatic rings. The van der Waals surface area contributed by atoms with Gasteiger partial charge in [0.1, 0.15) is 17.4 Å². The molecule has 0 aliphatic rings. The monoisotopic (exact) mass is 481 g/mol. The van der Waals surface area contributed by atoms with Gasteiger partial charge in [-0.2, -0.15) is 5.26 Å². The first-order chi connectivity index (χ1) is 16.8. The first-order valence-corrected chi connectivity index (χ1v) is 11.4. The Balaban J connectivity index is 2.00. The molecule has 0 aliphatic carbocycles. The lowest BCUT2D eigenvalue weighted by Crippen LogP contribution is -2.30. The van der Waals surface area contributed by atoms with Gasteiger partial charge in [0.05, 0.1) is 13.2 Å². The Morgan fingerprint density at radius 1 is 1.09 bits per heavy atom. The molecule has 0 atom stereocenters. The van der Waals surface area contributed by atoms with Crippen LogP contribution < -0.4 is 10.1 Å². The molecule has 186 valence electrons. The number of esters is 2. The number of hydrogen-bond donors (Lipinski definition) is 1. The number of aryl methyl sites for hydroxylation is 1. The quantitative estimate of drug-likeness (QED) is 0.213. The molecule has 0 fully saturated rings. The Labute approximate surface area is 205 Å². The van der Waals surface area contributed by atoms with Crippen LogP contribution in [-0.4, -0.2) is 48.8 Å². The summed E-state index contributed by atoms with van der Waals surface area (Å²) in [6.07, 6.45) is 2.04. The van der Waals surface area contributed by atoms with E-state index in [1.165, 1.54) is 6.08 Å². The maximum absolute atomic E-state index is 12.4. The summed E-state index contributed by atoms with van der Waals surface area (Å²) < 4.78 is 17.3. The molecule has 9 heteroatoms. The second kappa shape index (κ2) is 13.6. The van der Waals surface area contributed by atoms with Crippen molar-refractivity contribution in [1.82, 2.24) is 9.88 Å². The van der Waals surface area contributed by atoms with Crippen LogP contribution >= 0.6 is 0 Å². The molecule has 0 radical (unpaired) electrons. The van der Waals surface area contributed by atoms with Crippen LogP contribution in [0.15, 0.2) is 35.9 Å². The number of carbonyl (C=O) groups is 3. The van der Waals surface area contributed by atoms with Crippen LogP contribution in [0.1, 0.15) is 43.6 Å². The van der Waals surface area contributed by atoms with Crippen LogP contribution in [0, 0.1) is 25.2 Å². The lowest BCUT2D eigenvalue weighted by Gasteiger charge is -2.11. The van der Waals surface area contributed by atoms with E-state index in [0.29, 0.717) is 25.2 Å². The number of aromatic nitrogens is 1. The number of ether oxygens (including phenoxy) is 3. The van der Waals surface area contributed by atoms with Gasteiger partial charge in [0.15, 0.2) is 6.61 Å². The summed E-state index contributed by atoms with van der Waals surface area (Å²) in [6.45, 7) is 8.07. The van der Waals surface area contributed by atoms with Crippen molar-refractivity contribution in [2.45, 2.75) is 40.5 Å². The van der Waals surface area contributed by atoms with Crippen molar-refractivity contribution in [2.75, 3.05) is 26.4 Å². The molecular formula is C26H31N3O6. The topological polar surface area (TPSA) is 120 Å². The van der Waals surface area contributed by atoms with Gasteiger partial charge in [-0.1, -0.05) is 0 Å². The van der Waals surface area contributed by atoms with Crippen molar-refractivity contribution in [3.8, 4) is 17.5 Å². The Kier molecular flexibility index (Phi) is 10.6. The summed E-state index contributed by atoms with van der Waals surface area (Å²) in [4.78, 5) is 35.5. The Bertz CT molecular complexity index is 1110. The number of nitrogens with one attached hydrogen (secondary N) is 1. The highest BCUT2D eigenvalue weighted by atomic mass is 16.5. The fourth-order valence-corrected chi connectivity index (χ4v) is 3.44. The number of nitrogens with zero attached hydrogens (tertiary/aromatic N) is 2. The third-order valence-electron chi connectivity index (χ3n) is 5.04. The smallest absolute Gasteiger partial charge is 0.349 e. The summed E-state index contributed by atoms with van der Waals surface area (Å²) >= 11 is 0. The molecule has 1 amide bonds. The van der Waals surface area contributed by atoms with Crippen molar-refractivity contribution in [3.63, 3.8) is 0 Å². The molecule has 1 aromatic carbocycles. The van der Waals surface area contributed by atoms with Crippen molar-refractivity contribution in [1.29, 1.82) is 5.26 Å². The predicted molar refractivity (Wildman–Crippen MR) is 130 cm³/mol. The van der Waals surface area contributed by atoms with Crippen LogP contribution in [-0.2, 0) is 23.9 Å². The molecule has 35 heavy (non-hydrogen) atoms. The van der Waals surface area contributed by atoms with E-state index < -0.39 is 18.5 Å². The average Bonchev–Trinajstić information content (AvgIpc) is 3.12. The fourth-order valence-electron chi connectivity index (χ4n) is 3.44. The van der Waals surface area contributed by atoms with Gasteiger partial charge in [0, 0.05) is 30.0 Å². The molecule has 0 saturated heterocycles. The van der Waals surface area contributed by atoms with E-state index in [1.807, 2.05) is 61.7 Å². The van der Waals surface area contributed by atoms with Crippen LogP contribution in [0.25, 0.3) is 11.8 Å². The van der Waals surface area contributed by atoms with E-state index in [9.17, 15) is 19.6 Å². The van der Waals surface area contributed by atoms with Gasteiger partial charge < -0.3 is 24.1 Å². The summed E-state index contributed by atoms with van der Waals surface area (Å²) in [6, 6.07) is 11.3. The van der Waals surface area contributed by atoms with E-state index >= 15 is 0 Å². The molecule has 1 N–H and O–H groups in total. The highest BCUT2D eigenvalue weighted by Crippen LogP contribution is 2.24. The number of benzene rings is 1. The highest BCUT2D eigenvalue weighted by molar-refractivity contribution is 5.99. The minimum Gasteiger partial charge on any atom is -0.494 e. The largest absolute Gasteiger partial charge is 0.494 e. The standard InChI is InChI=1S/C26H31N3O6/c1-5-33-23-11-9-22(10-12-23)29-18(3)14-20(19(29)4)15-21(16-27)26(32)35-17-24(30)28-13-7-8-25(31)34-6-2/h9-12,14-15H,5-8,13,17H2,1-4H3,(H,28,30)/b21-15+. The number of nitriles is 1. The van der Waals surface area contributed by atoms with Crippen LogP contribution in [0.3, 0.4) is 0 Å². The van der Waals surface area contributed by atoms with Gasteiger partial charge >= 0.3 is 11.9 Å². The van der Waals surface area contributed by atoms with Gasteiger partial charge in [0.2, 0.25) is 0 Å². The number of rotatable bonds is 12. The molecule has 0 aliphatic heterocycles. The van der Waals surface area contributed by atoms with Crippen molar-refractivity contribution in [3.05, 3.63) is 52.9 Å². The minimum atomic E-state index is -0.889. The third kappa shape index (κ3) is 8.03. The highest BCUT2D eigenvalue weighted by Gasteiger charge is 2.16. The maximum Gasteiger partial charge on any atom is 0.349 e. The van der Waals surface area contributed by atoms with Gasteiger partial charge in [-0.3, -0.25) is 9.59 Å². The van der Waals surface area contributed by atoms with E-state index in [1.54, 1.807) is 6.92 Å². The van der Waals surface area contributed by atoms with Gasteiger partial charge in [-0.15, -0.1) is 0 Å². The van der Waals surface area contributed by atoms with Crippen molar-refractivity contribution < 1.29 is 28.6 Å². The van der Waals surface area contributed by atoms with E-state index in [0.717, 1.165) is 22.8 Å². The summed E-state index contributed by atoms with van der Waals surface area (Å²) in [5, 5.41) is 12.0. The SMILES string of the molecule is CCOC(=O)CCCNC(=O)COC(=O)/C(C#N)=C/c1cc(C)n(-c2ccc(OCC)cc2)c1C. The lowest BCUT2D eigenvalue weighted by molar-refractivity contribution is -0.144. The third-order valence-corrected chi connectivity index (χ3v) is 5.04. The number of amides is 1. The first-order valence-electron chi connectivity index (χ1n) is 11.4. The van der Waals surface area contributed by atoms with Crippen molar-refractivity contribution in [2.24, 2.45) is 0 Å². The van der Waals surface area contributed by atoms with Crippen LogP contribution in [0.2, 0.25) is 0 Å². The second-order valence-corrected chi connectivity index (χ2v) is 7.59. The van der Waals surface area contributed by atoms with E-state index in [-0.39, 0.29) is 24.5 Å². The lowest BCUT2D eigenvalue weighted by atomic mass is 10.1. The molecule has 9 nitrogen and oxygen atoms in total. The summed E-state index contributed by atoms with van der Waals surface area (Å²) in [5.41, 5.74) is 3.15. The second-order valence-electron chi connectivity index (χ2n) is 7.59. The predicted octanol–water partition coefficient (Wildman–Crippen LogP) is 3.40. The van der Waals surface area contributed by atoms with Crippen LogP contribution in [0.4, 0.5) is 0 Å². The molecule has 1 heterocycles. The number of hydrogen-bond acceptors (Lipinski definition) is 7. The molecule has 0 spiro atoms. The Hall–Kier alpha value is -4.06. The maximum atomic E-state index is 12.4. The summed E-state index contributed by atoms with van der Waals surface area (Å²) in [7, 11) is 0. The van der Waals surface area contributed by atoms with E-state index in [4.69, 9.17) is 14.2 Å². The normalized spacial score (nSPS) is 10.9.